The molecule has 0 aliphatic carbocycles. The summed E-state index contributed by atoms with van der Waals surface area (Å²) in [7, 11) is 0. The van der Waals surface area contributed by atoms with Crippen LogP contribution in [0.2, 0.25) is 0 Å². The molecular weight excluding hydrogens is 425 g/mol. The van der Waals surface area contributed by atoms with Crippen LogP contribution in [-0.2, 0) is 6.42 Å². The Morgan fingerprint density at radius 3 is 2.19 bits per heavy atom. The van der Waals surface area contributed by atoms with E-state index in [2.05, 4.69) is 23.2 Å². The number of ether oxygens (including phenoxy) is 1. The van der Waals surface area contributed by atoms with Crippen molar-refractivity contribution in [1.29, 1.82) is 0 Å². The highest BCUT2D eigenvalue weighted by Crippen LogP contribution is 2.33. The molecule has 0 atom stereocenters. The van der Waals surface area contributed by atoms with Crippen molar-refractivity contribution in [2.45, 2.75) is 19.2 Å². The quantitative estimate of drug-likeness (QED) is 0.247. The Labute approximate surface area is 172 Å². The molecule has 0 N–H and O–H groups in total. The van der Waals surface area contributed by atoms with Crippen molar-refractivity contribution in [2.24, 2.45) is 0 Å². The highest BCUT2D eigenvalue weighted by Gasteiger charge is 2.34. The zero-order valence-electron chi connectivity index (χ0n) is 15.7. The molecule has 0 aliphatic heterocycles. The van der Waals surface area contributed by atoms with Gasteiger partial charge in [-0.15, -0.1) is 19.8 Å². The van der Waals surface area contributed by atoms with Gasteiger partial charge >= 0.3 is 6.36 Å². The van der Waals surface area contributed by atoms with Gasteiger partial charge in [0.05, 0.1) is 5.56 Å². The molecule has 0 spiro atoms. The van der Waals surface area contributed by atoms with E-state index >= 15 is 0 Å². The van der Waals surface area contributed by atoms with Gasteiger partial charge < -0.3 is 4.74 Å². The molecule has 8 heteroatoms. The van der Waals surface area contributed by atoms with E-state index in [4.69, 9.17) is 0 Å². The highest BCUT2D eigenvalue weighted by atomic mass is 19.4. The van der Waals surface area contributed by atoms with Gasteiger partial charge in [-0.1, -0.05) is 24.0 Å². The number of hydrogen-bond acceptors (Lipinski definition) is 1. The monoisotopic (exact) mass is 438 g/mol. The average molecular weight is 438 g/mol. The first-order chi connectivity index (χ1) is 14.6. The van der Waals surface area contributed by atoms with Crippen molar-refractivity contribution in [2.75, 3.05) is 0 Å². The first-order valence-corrected chi connectivity index (χ1v) is 8.87. The maximum atomic E-state index is 14.3. The van der Waals surface area contributed by atoms with E-state index in [-0.39, 0.29) is 16.3 Å². The van der Waals surface area contributed by atoms with Crippen LogP contribution < -0.4 is 4.74 Å². The maximum Gasteiger partial charge on any atom is 0.573 e. The minimum Gasteiger partial charge on any atom is -0.399 e. The van der Waals surface area contributed by atoms with Crippen LogP contribution in [0, 0.1) is 35.1 Å². The summed E-state index contributed by atoms with van der Waals surface area (Å²) in [6, 6.07) is 6.44. The second-order valence-corrected chi connectivity index (χ2v) is 6.50. The summed E-state index contributed by atoms with van der Waals surface area (Å²) >= 11 is 0. The molecule has 0 amide bonds. The Morgan fingerprint density at radius 1 is 0.903 bits per heavy atom. The smallest absolute Gasteiger partial charge is 0.399 e. The molecule has 0 aliphatic rings. The third-order valence-corrected chi connectivity index (χ3v) is 4.28. The molecule has 0 unspecified atom stereocenters. The summed E-state index contributed by atoms with van der Waals surface area (Å²) in [4.78, 5) is 0. The van der Waals surface area contributed by atoms with Crippen LogP contribution in [0.5, 0.6) is 5.75 Å². The van der Waals surface area contributed by atoms with E-state index in [9.17, 15) is 30.7 Å². The standard InChI is InChI=1S/C23H13F7O/c1-2-3-4-14-10-18(24)17(19(25)11-14)8-6-13-5-7-16-15(9-13)12-20(26)22(21(16)27)31-23(28,29)30/h2,5,7,9-12H,1,3-4H2. The molecule has 0 aromatic heterocycles. The number of aryl methyl sites for hydroxylation is 1. The molecule has 3 aromatic carbocycles. The fourth-order valence-electron chi connectivity index (χ4n) is 2.89. The van der Waals surface area contributed by atoms with Gasteiger partial charge in [0, 0.05) is 10.9 Å². The van der Waals surface area contributed by atoms with Gasteiger partial charge in [-0.05, 0) is 54.1 Å². The van der Waals surface area contributed by atoms with E-state index < -0.39 is 40.9 Å². The zero-order valence-corrected chi connectivity index (χ0v) is 15.7. The highest BCUT2D eigenvalue weighted by molar-refractivity contribution is 5.86. The third-order valence-electron chi connectivity index (χ3n) is 4.28. The fourth-order valence-corrected chi connectivity index (χ4v) is 2.89. The Kier molecular flexibility index (Phi) is 6.25. The van der Waals surface area contributed by atoms with Gasteiger partial charge in [-0.25, -0.2) is 17.6 Å². The summed E-state index contributed by atoms with van der Waals surface area (Å²) in [6.07, 6.45) is -2.69. The molecular formula is C23H13F7O. The first kappa shape index (κ1) is 22.2. The van der Waals surface area contributed by atoms with Crippen molar-refractivity contribution >= 4 is 10.8 Å². The molecule has 160 valence electrons. The van der Waals surface area contributed by atoms with Gasteiger partial charge in [0.1, 0.15) is 11.6 Å². The Hall–Kier alpha value is -3.47. The summed E-state index contributed by atoms with van der Waals surface area (Å²) in [5.41, 5.74) is 0.105. The number of rotatable bonds is 4. The van der Waals surface area contributed by atoms with E-state index in [1.165, 1.54) is 12.1 Å². The molecule has 1 nitrogen and oxygen atoms in total. The van der Waals surface area contributed by atoms with Gasteiger partial charge in [0.25, 0.3) is 0 Å². The Bertz CT molecular complexity index is 1190. The second-order valence-electron chi connectivity index (χ2n) is 6.50. The van der Waals surface area contributed by atoms with Crippen LogP contribution in [0.4, 0.5) is 30.7 Å². The lowest BCUT2D eigenvalue weighted by Crippen LogP contribution is -2.19. The first-order valence-electron chi connectivity index (χ1n) is 8.87. The van der Waals surface area contributed by atoms with Crippen molar-refractivity contribution in [1.82, 2.24) is 0 Å². The molecule has 31 heavy (non-hydrogen) atoms. The third kappa shape index (κ3) is 5.18. The van der Waals surface area contributed by atoms with Gasteiger partial charge in [-0.3, -0.25) is 0 Å². The van der Waals surface area contributed by atoms with Crippen molar-refractivity contribution in [3.8, 4) is 17.6 Å². The molecule has 3 rings (SSSR count). The van der Waals surface area contributed by atoms with E-state index in [0.29, 0.717) is 24.5 Å². The summed E-state index contributed by atoms with van der Waals surface area (Å²) in [5.74, 6) is -1.56. The number of allylic oxidation sites excluding steroid dienone is 1. The lowest BCUT2D eigenvalue weighted by molar-refractivity contribution is -0.276. The topological polar surface area (TPSA) is 9.23 Å². The minimum atomic E-state index is -5.27. The van der Waals surface area contributed by atoms with Crippen LogP contribution in [-0.4, -0.2) is 6.36 Å². The number of benzene rings is 3. The average Bonchev–Trinajstić information content (AvgIpc) is 2.68. The Balaban J connectivity index is 1.97. The molecule has 0 saturated heterocycles. The largest absolute Gasteiger partial charge is 0.573 e. The Morgan fingerprint density at radius 2 is 1.58 bits per heavy atom. The van der Waals surface area contributed by atoms with Gasteiger partial charge in [0.15, 0.2) is 11.6 Å². The summed E-state index contributed by atoms with van der Waals surface area (Å²) in [6.45, 7) is 3.54. The number of halogens is 7. The zero-order chi connectivity index (χ0) is 22.8. The van der Waals surface area contributed by atoms with Crippen LogP contribution in [0.25, 0.3) is 10.8 Å². The molecule has 0 bridgehead atoms. The molecule has 3 aromatic rings. The van der Waals surface area contributed by atoms with Gasteiger partial charge in [0.2, 0.25) is 5.75 Å². The SMILES string of the molecule is C=CCCc1cc(F)c(C#Cc2ccc3c(F)c(OC(F)(F)F)c(F)cc3c2)c(F)c1. The molecule has 0 heterocycles. The van der Waals surface area contributed by atoms with Crippen molar-refractivity contribution in [3.63, 3.8) is 0 Å². The lowest BCUT2D eigenvalue weighted by atomic mass is 10.0. The normalized spacial score (nSPS) is 11.2. The summed E-state index contributed by atoms with van der Waals surface area (Å²) in [5, 5.41) is -0.438. The number of alkyl halides is 3. The minimum absolute atomic E-state index is 0.1000. The van der Waals surface area contributed by atoms with Crippen molar-refractivity contribution in [3.05, 3.63) is 89.0 Å². The molecule has 0 saturated carbocycles. The van der Waals surface area contributed by atoms with E-state index in [1.54, 1.807) is 6.08 Å². The maximum absolute atomic E-state index is 14.3. The lowest BCUT2D eigenvalue weighted by Gasteiger charge is -2.12. The van der Waals surface area contributed by atoms with Gasteiger partial charge in [-0.2, -0.15) is 0 Å². The molecule has 0 radical (unpaired) electrons. The van der Waals surface area contributed by atoms with Crippen LogP contribution in [0.1, 0.15) is 23.1 Å². The molecule has 0 fully saturated rings. The second kappa shape index (κ2) is 8.72. The predicted molar refractivity (Wildman–Crippen MR) is 101 cm³/mol. The van der Waals surface area contributed by atoms with E-state index in [0.717, 1.165) is 18.2 Å². The van der Waals surface area contributed by atoms with Crippen molar-refractivity contribution < 1.29 is 35.5 Å². The number of fused-ring (bicyclic) bond motifs is 1. The van der Waals surface area contributed by atoms with E-state index in [1.807, 2.05) is 0 Å². The van der Waals surface area contributed by atoms with Crippen LogP contribution >= 0.6 is 0 Å². The number of hydrogen-bond donors (Lipinski definition) is 0. The van der Waals surface area contributed by atoms with Crippen LogP contribution in [0.3, 0.4) is 0 Å². The fraction of sp³-hybridized carbons (Fsp3) is 0.130. The predicted octanol–water partition coefficient (Wildman–Crippen LogP) is 6.81. The van der Waals surface area contributed by atoms with Crippen LogP contribution in [0.15, 0.2) is 49.1 Å². The summed E-state index contributed by atoms with van der Waals surface area (Å²) < 4.78 is 97.0.